The van der Waals surface area contributed by atoms with Crippen molar-refractivity contribution in [1.29, 1.82) is 0 Å². The summed E-state index contributed by atoms with van der Waals surface area (Å²) in [6, 6.07) is 11.7. The van der Waals surface area contributed by atoms with E-state index in [0.29, 0.717) is 10.6 Å². The first kappa shape index (κ1) is 22.8. The molecule has 3 heterocycles. The van der Waals surface area contributed by atoms with Gasteiger partial charge >= 0.3 is 12.1 Å². The van der Waals surface area contributed by atoms with E-state index in [1.165, 1.54) is 42.5 Å². The molecule has 3 aromatic rings. The molecule has 0 fully saturated rings. The van der Waals surface area contributed by atoms with Crippen molar-refractivity contribution in [2.45, 2.75) is 6.18 Å². The van der Waals surface area contributed by atoms with Crippen LogP contribution in [-0.2, 0) is 4.79 Å². The molecule has 2 aliphatic heterocycles. The van der Waals surface area contributed by atoms with E-state index in [1.807, 2.05) is 0 Å². The molecule has 2 aliphatic rings. The van der Waals surface area contributed by atoms with Crippen molar-refractivity contribution in [3.63, 3.8) is 0 Å². The second-order valence-corrected chi connectivity index (χ2v) is 7.72. The Morgan fingerprint density at radius 1 is 0.972 bits per heavy atom. The third-order valence-electron chi connectivity index (χ3n) is 5.44. The molecule has 0 radical (unpaired) electrons. The number of furan rings is 1. The van der Waals surface area contributed by atoms with Crippen LogP contribution in [0.1, 0.15) is 36.8 Å². The van der Waals surface area contributed by atoms with Gasteiger partial charge in [-0.25, -0.2) is 4.79 Å². The topological polar surface area (TPSA) is 129 Å². The fourth-order valence-corrected chi connectivity index (χ4v) is 3.72. The van der Waals surface area contributed by atoms with Gasteiger partial charge in [0.2, 0.25) is 0 Å². The highest BCUT2D eigenvalue weighted by Gasteiger charge is 2.47. The Labute approximate surface area is 199 Å². The Bertz CT molecular complexity index is 1530. The summed E-state index contributed by atoms with van der Waals surface area (Å²) in [4.78, 5) is 47.5. The molecule has 180 valence electrons. The molecule has 5 rings (SSSR count). The quantitative estimate of drug-likeness (QED) is 0.418. The first-order valence-corrected chi connectivity index (χ1v) is 10.2. The van der Waals surface area contributed by atoms with Gasteiger partial charge in [0.1, 0.15) is 11.5 Å². The van der Waals surface area contributed by atoms with Crippen molar-refractivity contribution in [3.8, 4) is 11.3 Å². The number of carboxylic acid groups (broad SMARTS) is 1. The van der Waals surface area contributed by atoms with Crippen LogP contribution in [0.4, 0.5) is 18.9 Å². The lowest BCUT2D eigenvalue weighted by molar-refractivity contribution is -0.114. The summed E-state index contributed by atoms with van der Waals surface area (Å²) < 4.78 is 46.7. The van der Waals surface area contributed by atoms with Gasteiger partial charge in [0, 0.05) is 5.56 Å². The van der Waals surface area contributed by atoms with E-state index in [4.69, 9.17) is 9.52 Å². The number of aromatic carboxylic acids is 1. The van der Waals surface area contributed by atoms with Crippen molar-refractivity contribution in [3.05, 3.63) is 82.6 Å². The molecule has 0 spiro atoms. The van der Waals surface area contributed by atoms with Crippen molar-refractivity contribution in [1.82, 2.24) is 5.32 Å². The van der Waals surface area contributed by atoms with E-state index < -0.39 is 41.2 Å². The molecule has 0 saturated heterocycles. The van der Waals surface area contributed by atoms with Crippen molar-refractivity contribution in [2.75, 3.05) is 5.01 Å². The van der Waals surface area contributed by atoms with Crippen LogP contribution in [0, 0.1) is 0 Å². The van der Waals surface area contributed by atoms with Crippen LogP contribution in [0.2, 0.25) is 0 Å². The molecular formula is C24H12F3N3O6. The number of nitrogens with zero attached hydrogens (tertiary/aromatic N) is 2. The van der Waals surface area contributed by atoms with Gasteiger partial charge in [0.25, 0.3) is 17.7 Å². The molecule has 0 atom stereocenters. The van der Waals surface area contributed by atoms with Crippen molar-refractivity contribution < 1.29 is 41.9 Å². The highest BCUT2D eigenvalue weighted by Crippen LogP contribution is 2.34. The zero-order chi connectivity index (χ0) is 25.8. The average Bonchev–Trinajstić information content (AvgIpc) is 3.51. The van der Waals surface area contributed by atoms with Gasteiger partial charge in [0.05, 0.1) is 28.0 Å². The Balaban J connectivity index is 1.48. The molecule has 36 heavy (non-hydrogen) atoms. The molecular weight excluding hydrogens is 483 g/mol. The first-order valence-electron chi connectivity index (χ1n) is 10.2. The smallest absolute Gasteiger partial charge is 0.435 e. The Morgan fingerprint density at radius 3 is 2.33 bits per heavy atom. The Hall–Kier alpha value is -5.00. The molecule has 9 nitrogen and oxygen atoms in total. The monoisotopic (exact) mass is 495 g/mol. The Kier molecular flexibility index (Phi) is 5.09. The largest absolute Gasteiger partial charge is 0.478 e. The molecule has 2 N–H and O–H groups in total. The maximum absolute atomic E-state index is 13.7. The minimum absolute atomic E-state index is 0.0544. The number of fused-ring (bicyclic) bond motifs is 1. The lowest BCUT2D eigenvalue weighted by atomic mass is 10.0. The number of rotatable bonds is 4. The molecule has 0 bridgehead atoms. The molecule has 0 aliphatic carbocycles. The van der Waals surface area contributed by atoms with Crippen molar-refractivity contribution >= 4 is 41.2 Å². The number of hydrazone groups is 1. The fourth-order valence-electron chi connectivity index (χ4n) is 3.72. The molecule has 2 aromatic carbocycles. The highest BCUT2D eigenvalue weighted by molar-refractivity contribution is 6.34. The number of nitrogens with one attached hydrogen (secondary N) is 1. The number of carbonyl (C=O) groups excluding carboxylic acids is 3. The van der Waals surface area contributed by atoms with E-state index in [9.17, 15) is 32.3 Å². The van der Waals surface area contributed by atoms with Gasteiger partial charge in [-0.1, -0.05) is 6.07 Å². The van der Waals surface area contributed by atoms with Crippen LogP contribution in [0.25, 0.3) is 17.4 Å². The SMILES string of the molecule is O=C(O)c1ccc(N2N=C(C(F)(F)F)C(=Cc3ccc(-c4ccc5c(c4)C(=O)NC5=O)o3)C2=O)cc1. The zero-order valence-corrected chi connectivity index (χ0v) is 17.8. The first-order chi connectivity index (χ1) is 17.0. The standard InChI is InChI=1S/C24H12F3N3O6/c25-24(26,27)19-17(22(33)30(29-19)13-4-1-11(2-5-13)23(34)35)10-14-6-8-18(36-14)12-3-7-15-16(9-12)21(32)28-20(15)31/h1-10H,(H,34,35)(H,28,31,32). The molecule has 0 unspecified atom stereocenters. The number of hydrogen-bond donors (Lipinski definition) is 2. The minimum Gasteiger partial charge on any atom is -0.478 e. The summed E-state index contributed by atoms with van der Waals surface area (Å²) in [6.07, 6.45) is -4.07. The van der Waals surface area contributed by atoms with Crippen LogP contribution < -0.4 is 10.3 Å². The number of anilines is 1. The van der Waals surface area contributed by atoms with Gasteiger partial charge in [0.15, 0.2) is 5.71 Å². The number of amides is 3. The summed E-state index contributed by atoms with van der Waals surface area (Å²) in [6.45, 7) is 0. The molecule has 1 aromatic heterocycles. The number of carbonyl (C=O) groups is 4. The van der Waals surface area contributed by atoms with Crippen LogP contribution in [0.15, 0.2) is 69.7 Å². The summed E-state index contributed by atoms with van der Waals surface area (Å²) in [5.41, 5.74) is -1.66. The second-order valence-electron chi connectivity index (χ2n) is 7.72. The average molecular weight is 495 g/mol. The van der Waals surface area contributed by atoms with E-state index in [1.54, 1.807) is 0 Å². The Morgan fingerprint density at radius 2 is 1.67 bits per heavy atom. The van der Waals surface area contributed by atoms with Crippen LogP contribution in [0.3, 0.4) is 0 Å². The number of halogens is 3. The number of alkyl halides is 3. The maximum atomic E-state index is 13.7. The van der Waals surface area contributed by atoms with Crippen LogP contribution in [-0.4, -0.2) is 40.7 Å². The number of imide groups is 1. The van der Waals surface area contributed by atoms with Gasteiger partial charge in [-0.3, -0.25) is 19.7 Å². The second kappa shape index (κ2) is 8.05. The van der Waals surface area contributed by atoms with Gasteiger partial charge in [-0.05, 0) is 54.6 Å². The molecule has 3 amide bonds. The third kappa shape index (κ3) is 3.83. The number of hydrogen-bond acceptors (Lipinski definition) is 6. The van der Waals surface area contributed by atoms with Gasteiger partial charge in [-0.2, -0.15) is 23.3 Å². The van der Waals surface area contributed by atoms with Crippen molar-refractivity contribution in [2.24, 2.45) is 5.10 Å². The van der Waals surface area contributed by atoms with Gasteiger partial charge < -0.3 is 9.52 Å². The van der Waals surface area contributed by atoms with Crippen LogP contribution >= 0.6 is 0 Å². The third-order valence-corrected chi connectivity index (χ3v) is 5.44. The summed E-state index contributed by atoms with van der Waals surface area (Å²) >= 11 is 0. The molecule has 0 saturated carbocycles. The van der Waals surface area contributed by atoms with E-state index in [0.717, 1.165) is 18.2 Å². The number of benzene rings is 2. The van der Waals surface area contributed by atoms with Crippen LogP contribution in [0.5, 0.6) is 0 Å². The predicted octanol–water partition coefficient (Wildman–Crippen LogP) is 3.88. The predicted molar refractivity (Wildman–Crippen MR) is 118 cm³/mol. The van der Waals surface area contributed by atoms with E-state index in [2.05, 4.69) is 10.4 Å². The van der Waals surface area contributed by atoms with E-state index in [-0.39, 0.29) is 33.9 Å². The maximum Gasteiger partial charge on any atom is 0.435 e. The summed E-state index contributed by atoms with van der Waals surface area (Å²) in [5, 5.41) is 15.1. The highest BCUT2D eigenvalue weighted by atomic mass is 19.4. The lowest BCUT2D eigenvalue weighted by Crippen LogP contribution is -2.25. The van der Waals surface area contributed by atoms with E-state index >= 15 is 0 Å². The summed E-state index contributed by atoms with van der Waals surface area (Å²) in [7, 11) is 0. The fraction of sp³-hybridized carbons (Fsp3) is 0.0417. The zero-order valence-electron chi connectivity index (χ0n) is 17.8. The number of carboxylic acids is 1. The summed E-state index contributed by atoms with van der Waals surface area (Å²) in [5.74, 6) is -3.34. The lowest BCUT2D eigenvalue weighted by Gasteiger charge is -2.11. The molecule has 12 heteroatoms. The normalized spacial score (nSPS) is 16.4. The minimum atomic E-state index is -4.97. The van der Waals surface area contributed by atoms with Gasteiger partial charge in [-0.15, -0.1) is 0 Å².